The van der Waals surface area contributed by atoms with Gasteiger partial charge in [0.2, 0.25) is 0 Å². The van der Waals surface area contributed by atoms with Crippen molar-refractivity contribution >= 4 is 0 Å². The lowest BCUT2D eigenvalue weighted by Crippen LogP contribution is -1.96. The maximum absolute atomic E-state index is 14.9. The Balaban J connectivity index is 1.76. The largest absolute Gasteiger partial charge is 0.396 e. The molecular formula is C29H31FO. The molecule has 0 saturated heterocycles. The van der Waals surface area contributed by atoms with Gasteiger partial charge >= 0.3 is 0 Å². The quantitative estimate of drug-likeness (QED) is 0.320. The van der Waals surface area contributed by atoms with Crippen LogP contribution in [0.15, 0.2) is 60.7 Å². The van der Waals surface area contributed by atoms with Gasteiger partial charge in [0.15, 0.2) is 0 Å². The highest BCUT2D eigenvalue weighted by atomic mass is 19.1. The van der Waals surface area contributed by atoms with Gasteiger partial charge in [0.25, 0.3) is 0 Å². The van der Waals surface area contributed by atoms with Crippen molar-refractivity contribution in [2.45, 2.75) is 52.4 Å². The average molecular weight is 415 g/mol. The number of hydrogen-bond acceptors (Lipinski definition) is 1. The van der Waals surface area contributed by atoms with E-state index in [1.54, 1.807) is 0 Å². The van der Waals surface area contributed by atoms with Crippen molar-refractivity contribution in [3.8, 4) is 23.0 Å². The first-order valence-electron chi connectivity index (χ1n) is 11.3. The number of halogens is 1. The Morgan fingerprint density at radius 2 is 1.42 bits per heavy atom. The lowest BCUT2D eigenvalue weighted by molar-refractivity contribution is 0.299. The number of unbranched alkanes of at least 4 members (excludes halogenated alkanes) is 2. The molecule has 160 valence electrons. The molecule has 3 aromatic carbocycles. The van der Waals surface area contributed by atoms with Crippen molar-refractivity contribution < 1.29 is 9.50 Å². The number of hydrogen-bond donors (Lipinski definition) is 1. The summed E-state index contributed by atoms with van der Waals surface area (Å²) in [6, 6.07) is 19.5. The summed E-state index contributed by atoms with van der Waals surface area (Å²) in [5.41, 5.74) is 6.60. The molecule has 0 unspecified atom stereocenters. The van der Waals surface area contributed by atoms with Gasteiger partial charge in [-0.3, -0.25) is 0 Å². The number of aryl methyl sites for hydroxylation is 2. The number of benzene rings is 3. The molecule has 0 fully saturated rings. The van der Waals surface area contributed by atoms with Gasteiger partial charge in [-0.2, -0.15) is 0 Å². The topological polar surface area (TPSA) is 20.2 Å². The van der Waals surface area contributed by atoms with Crippen LogP contribution >= 0.6 is 0 Å². The standard InChI is InChI=1S/C29H31FO/c1-3-5-6-7-22-8-10-23(11-9-22)12-13-24-15-17-28(29(30)21-24)27-16-14-25(18-19-31)20-26(27)4-2/h8-11,14-17,20-21,31H,3-7,18-19H2,1-2H3. The van der Waals surface area contributed by atoms with E-state index >= 15 is 0 Å². The van der Waals surface area contributed by atoms with E-state index in [1.807, 2.05) is 36.4 Å². The van der Waals surface area contributed by atoms with Gasteiger partial charge in [-0.05, 0) is 72.2 Å². The van der Waals surface area contributed by atoms with Crippen LogP contribution in [-0.4, -0.2) is 11.7 Å². The summed E-state index contributed by atoms with van der Waals surface area (Å²) in [7, 11) is 0. The fourth-order valence-corrected chi connectivity index (χ4v) is 3.78. The van der Waals surface area contributed by atoms with Crippen molar-refractivity contribution in [2.24, 2.45) is 0 Å². The number of rotatable bonds is 8. The van der Waals surface area contributed by atoms with Gasteiger partial charge in [-0.15, -0.1) is 0 Å². The Morgan fingerprint density at radius 3 is 2.10 bits per heavy atom. The zero-order valence-electron chi connectivity index (χ0n) is 18.5. The summed E-state index contributed by atoms with van der Waals surface area (Å²) >= 11 is 0. The van der Waals surface area contributed by atoms with E-state index in [1.165, 1.54) is 30.9 Å². The number of aliphatic hydroxyl groups excluding tert-OH is 1. The van der Waals surface area contributed by atoms with Crippen LogP contribution in [0.3, 0.4) is 0 Å². The van der Waals surface area contributed by atoms with Crippen LogP contribution in [0.1, 0.15) is 60.9 Å². The van der Waals surface area contributed by atoms with Crippen LogP contribution in [0.25, 0.3) is 11.1 Å². The second-order valence-electron chi connectivity index (χ2n) is 7.92. The SMILES string of the molecule is CCCCCc1ccc(C#Cc2ccc(-c3ccc(CCO)cc3CC)c(F)c2)cc1. The van der Waals surface area contributed by atoms with Crippen LogP contribution in [0.2, 0.25) is 0 Å². The van der Waals surface area contributed by atoms with Crippen LogP contribution in [0, 0.1) is 17.7 Å². The summed E-state index contributed by atoms with van der Waals surface area (Å²) in [5, 5.41) is 9.16. The Bertz CT molecular complexity index is 1050. The molecule has 0 saturated carbocycles. The molecule has 0 atom stereocenters. The van der Waals surface area contributed by atoms with Crippen LogP contribution in [0.5, 0.6) is 0 Å². The molecule has 31 heavy (non-hydrogen) atoms. The van der Waals surface area contributed by atoms with Gasteiger partial charge in [0.1, 0.15) is 5.82 Å². The number of aliphatic hydroxyl groups is 1. The first kappa shape index (κ1) is 22.8. The highest BCUT2D eigenvalue weighted by Crippen LogP contribution is 2.28. The second kappa shape index (κ2) is 11.5. The fraction of sp³-hybridized carbons (Fsp3) is 0.310. The zero-order valence-corrected chi connectivity index (χ0v) is 18.5. The van der Waals surface area contributed by atoms with Gasteiger partial charge in [-0.25, -0.2) is 4.39 Å². The maximum atomic E-state index is 14.9. The maximum Gasteiger partial charge on any atom is 0.132 e. The molecule has 0 aromatic heterocycles. The molecule has 0 aliphatic rings. The lowest BCUT2D eigenvalue weighted by atomic mass is 9.94. The smallest absolute Gasteiger partial charge is 0.132 e. The molecule has 0 aliphatic carbocycles. The van der Waals surface area contributed by atoms with E-state index < -0.39 is 0 Å². The third kappa shape index (κ3) is 6.29. The van der Waals surface area contributed by atoms with E-state index in [0.717, 1.165) is 35.1 Å². The highest BCUT2D eigenvalue weighted by Gasteiger charge is 2.10. The average Bonchev–Trinajstić information content (AvgIpc) is 2.79. The third-order valence-electron chi connectivity index (χ3n) is 5.58. The lowest BCUT2D eigenvalue weighted by Gasteiger charge is -2.11. The molecule has 3 rings (SSSR count). The van der Waals surface area contributed by atoms with E-state index in [4.69, 9.17) is 5.11 Å². The summed E-state index contributed by atoms with van der Waals surface area (Å²) in [5.74, 6) is 5.97. The highest BCUT2D eigenvalue weighted by molar-refractivity contribution is 5.69. The van der Waals surface area contributed by atoms with Crippen LogP contribution in [-0.2, 0) is 19.3 Å². The Labute approximate surface area is 186 Å². The molecule has 1 nitrogen and oxygen atoms in total. The van der Waals surface area contributed by atoms with Crippen LogP contribution in [0.4, 0.5) is 4.39 Å². The molecule has 0 radical (unpaired) electrons. The van der Waals surface area contributed by atoms with Crippen molar-refractivity contribution in [1.82, 2.24) is 0 Å². The zero-order chi connectivity index (χ0) is 22.1. The third-order valence-corrected chi connectivity index (χ3v) is 5.58. The van der Waals surface area contributed by atoms with Gasteiger partial charge in [-0.1, -0.05) is 74.9 Å². The van der Waals surface area contributed by atoms with E-state index in [-0.39, 0.29) is 12.4 Å². The van der Waals surface area contributed by atoms with E-state index in [0.29, 0.717) is 17.5 Å². The first-order chi connectivity index (χ1) is 15.1. The summed E-state index contributed by atoms with van der Waals surface area (Å²) in [6.07, 6.45) is 6.24. The molecule has 0 spiro atoms. The predicted octanol–water partition coefficient (Wildman–Crippen LogP) is 6.72. The molecule has 0 heterocycles. The molecule has 0 aliphatic heterocycles. The predicted molar refractivity (Wildman–Crippen MR) is 128 cm³/mol. The summed E-state index contributed by atoms with van der Waals surface area (Å²) in [6.45, 7) is 4.39. The first-order valence-corrected chi connectivity index (χ1v) is 11.3. The van der Waals surface area contributed by atoms with Crippen molar-refractivity contribution in [3.05, 3.63) is 94.3 Å². The molecule has 1 N–H and O–H groups in total. The minimum Gasteiger partial charge on any atom is -0.396 e. The van der Waals surface area contributed by atoms with E-state index in [2.05, 4.69) is 43.9 Å². The van der Waals surface area contributed by atoms with Crippen molar-refractivity contribution in [1.29, 1.82) is 0 Å². The normalized spacial score (nSPS) is 10.6. The molecule has 0 amide bonds. The molecule has 0 bridgehead atoms. The molecule has 3 aromatic rings. The molecular weight excluding hydrogens is 383 g/mol. The van der Waals surface area contributed by atoms with Crippen LogP contribution < -0.4 is 0 Å². The Morgan fingerprint density at radius 1 is 0.742 bits per heavy atom. The summed E-state index contributed by atoms with van der Waals surface area (Å²) in [4.78, 5) is 0. The van der Waals surface area contributed by atoms with Crippen molar-refractivity contribution in [2.75, 3.05) is 6.61 Å². The Kier molecular flexibility index (Phi) is 8.44. The Hall–Kier alpha value is -2.89. The van der Waals surface area contributed by atoms with Gasteiger partial charge in [0.05, 0.1) is 0 Å². The van der Waals surface area contributed by atoms with Crippen molar-refractivity contribution in [3.63, 3.8) is 0 Å². The van der Waals surface area contributed by atoms with E-state index in [9.17, 15) is 4.39 Å². The molecule has 2 heteroatoms. The minimum absolute atomic E-state index is 0.117. The van der Waals surface area contributed by atoms with Gasteiger partial charge in [0, 0.05) is 23.3 Å². The van der Waals surface area contributed by atoms with Gasteiger partial charge < -0.3 is 5.11 Å². The minimum atomic E-state index is -0.261. The fourth-order valence-electron chi connectivity index (χ4n) is 3.78. The second-order valence-corrected chi connectivity index (χ2v) is 7.92. The monoisotopic (exact) mass is 414 g/mol. The summed E-state index contributed by atoms with van der Waals surface area (Å²) < 4.78 is 14.9.